The van der Waals surface area contributed by atoms with Gasteiger partial charge in [-0.1, -0.05) is 18.2 Å². The summed E-state index contributed by atoms with van der Waals surface area (Å²) in [7, 11) is 0. The van der Waals surface area contributed by atoms with Crippen LogP contribution in [0.3, 0.4) is 0 Å². The molecule has 0 saturated heterocycles. The molecule has 2 N–H and O–H groups in total. The van der Waals surface area contributed by atoms with E-state index < -0.39 is 10.8 Å². The van der Waals surface area contributed by atoms with Gasteiger partial charge in [0.1, 0.15) is 5.82 Å². The van der Waals surface area contributed by atoms with E-state index in [0.29, 0.717) is 18.4 Å². The number of H-pyrrole nitrogens is 1. The summed E-state index contributed by atoms with van der Waals surface area (Å²) in [4.78, 5) is 30.9. The van der Waals surface area contributed by atoms with E-state index in [9.17, 15) is 19.3 Å². The van der Waals surface area contributed by atoms with Crippen molar-refractivity contribution in [1.82, 2.24) is 15.3 Å². The van der Waals surface area contributed by atoms with Crippen molar-refractivity contribution >= 4 is 22.5 Å². The smallest absolute Gasteiger partial charge is 0.270 e. The number of nitrogens with one attached hydrogen (secondary N) is 2. The van der Waals surface area contributed by atoms with E-state index in [0.717, 1.165) is 22.3 Å². The molecule has 1 amide bonds. The first kappa shape index (κ1) is 21.2. The molecule has 4 aromatic rings. The van der Waals surface area contributed by atoms with E-state index in [-0.39, 0.29) is 23.8 Å². The van der Waals surface area contributed by atoms with Crippen molar-refractivity contribution in [3.8, 4) is 0 Å². The molecule has 4 rings (SSSR count). The number of nitro benzene ring substituents is 1. The Kier molecular flexibility index (Phi) is 6.21. The SMILES string of the molecule is O=C(C[C@@H](c1ccc(F)cc1)c1c[nH]c2ccc([N+](=O)[O-])cc12)NCCc1ccccn1. The Hall–Kier alpha value is -4.07. The number of benzene rings is 2. The molecule has 0 radical (unpaired) electrons. The molecule has 0 aliphatic heterocycles. The van der Waals surface area contributed by atoms with Gasteiger partial charge in [-0.2, -0.15) is 0 Å². The van der Waals surface area contributed by atoms with Crippen molar-refractivity contribution in [2.24, 2.45) is 0 Å². The highest BCUT2D eigenvalue weighted by molar-refractivity contribution is 5.87. The van der Waals surface area contributed by atoms with Gasteiger partial charge in [-0.3, -0.25) is 19.9 Å². The lowest BCUT2D eigenvalue weighted by Crippen LogP contribution is -2.27. The molecule has 0 bridgehead atoms. The Bertz CT molecular complexity index is 1240. The molecule has 0 aliphatic carbocycles. The maximum atomic E-state index is 13.5. The van der Waals surface area contributed by atoms with Crippen LogP contribution >= 0.6 is 0 Å². The Labute approximate surface area is 183 Å². The Morgan fingerprint density at radius 3 is 2.69 bits per heavy atom. The molecule has 2 aromatic carbocycles. The summed E-state index contributed by atoms with van der Waals surface area (Å²) in [6.45, 7) is 0.436. The number of nitrogens with zero attached hydrogens (tertiary/aromatic N) is 2. The summed E-state index contributed by atoms with van der Waals surface area (Å²) >= 11 is 0. The molecule has 0 unspecified atom stereocenters. The second-order valence-corrected chi connectivity index (χ2v) is 7.46. The maximum absolute atomic E-state index is 13.5. The number of halogens is 1. The lowest BCUT2D eigenvalue weighted by Gasteiger charge is -2.17. The van der Waals surface area contributed by atoms with Gasteiger partial charge in [-0.15, -0.1) is 0 Å². The van der Waals surface area contributed by atoms with E-state index in [1.165, 1.54) is 24.3 Å². The lowest BCUT2D eigenvalue weighted by molar-refractivity contribution is -0.384. The highest BCUT2D eigenvalue weighted by Gasteiger charge is 2.23. The standard InChI is InChI=1S/C24H21FN4O3/c25-17-6-4-16(5-7-17)20(14-24(30)27-12-10-18-3-1-2-11-26-18)22-15-28-23-9-8-19(29(31)32)13-21(22)23/h1-9,11,13,15,20,28H,10,12,14H2,(H,27,30)/t20-/m0/s1. The van der Waals surface area contributed by atoms with Crippen molar-refractivity contribution in [3.05, 3.63) is 106 Å². The average molecular weight is 432 g/mol. The van der Waals surface area contributed by atoms with Gasteiger partial charge >= 0.3 is 0 Å². The Morgan fingerprint density at radius 1 is 1.16 bits per heavy atom. The van der Waals surface area contributed by atoms with Gasteiger partial charge in [0.05, 0.1) is 4.92 Å². The fourth-order valence-electron chi connectivity index (χ4n) is 3.77. The van der Waals surface area contributed by atoms with Gasteiger partial charge in [0.25, 0.3) is 5.69 Å². The number of non-ortho nitro benzene ring substituents is 1. The van der Waals surface area contributed by atoms with Crippen molar-refractivity contribution in [1.29, 1.82) is 0 Å². The highest BCUT2D eigenvalue weighted by Crippen LogP contribution is 2.35. The first-order valence-corrected chi connectivity index (χ1v) is 10.2. The minimum Gasteiger partial charge on any atom is -0.361 e. The minimum absolute atomic E-state index is 0.0315. The summed E-state index contributed by atoms with van der Waals surface area (Å²) in [5.74, 6) is -0.946. The van der Waals surface area contributed by atoms with Crippen molar-refractivity contribution in [3.63, 3.8) is 0 Å². The first-order chi connectivity index (χ1) is 15.5. The zero-order valence-electron chi connectivity index (χ0n) is 17.1. The van der Waals surface area contributed by atoms with Crippen LogP contribution in [-0.2, 0) is 11.2 Å². The van der Waals surface area contributed by atoms with Crippen LogP contribution in [0, 0.1) is 15.9 Å². The molecule has 1 atom stereocenters. The van der Waals surface area contributed by atoms with Crippen LogP contribution in [0.25, 0.3) is 10.9 Å². The number of carbonyl (C=O) groups is 1. The topological polar surface area (TPSA) is 101 Å². The van der Waals surface area contributed by atoms with Crippen LogP contribution in [0.5, 0.6) is 0 Å². The number of hydrogen-bond acceptors (Lipinski definition) is 4. The van der Waals surface area contributed by atoms with Crippen LogP contribution < -0.4 is 5.32 Å². The van der Waals surface area contributed by atoms with E-state index in [4.69, 9.17) is 0 Å². The first-order valence-electron chi connectivity index (χ1n) is 10.2. The number of amides is 1. The molecule has 7 nitrogen and oxygen atoms in total. The third-order valence-electron chi connectivity index (χ3n) is 5.37. The van der Waals surface area contributed by atoms with Gasteiger partial charge in [-0.05, 0) is 41.5 Å². The number of fused-ring (bicyclic) bond motifs is 1. The van der Waals surface area contributed by atoms with Crippen LogP contribution in [0.15, 0.2) is 73.1 Å². The molecule has 0 fully saturated rings. The van der Waals surface area contributed by atoms with Gasteiger partial charge in [0.15, 0.2) is 0 Å². The predicted molar refractivity (Wildman–Crippen MR) is 119 cm³/mol. The van der Waals surface area contributed by atoms with Gasteiger partial charge in [0, 0.05) is 66.4 Å². The molecular formula is C24H21FN4O3. The van der Waals surface area contributed by atoms with Crippen molar-refractivity contribution < 1.29 is 14.1 Å². The fraction of sp³-hybridized carbons (Fsp3) is 0.167. The summed E-state index contributed by atoms with van der Waals surface area (Å²) in [6.07, 6.45) is 4.18. The monoisotopic (exact) mass is 432 g/mol. The summed E-state index contributed by atoms with van der Waals surface area (Å²) < 4.78 is 13.5. The summed E-state index contributed by atoms with van der Waals surface area (Å²) in [6, 6.07) is 16.2. The molecular weight excluding hydrogens is 411 g/mol. The zero-order chi connectivity index (χ0) is 22.5. The second kappa shape index (κ2) is 9.38. The van der Waals surface area contributed by atoms with Crippen LogP contribution in [0.1, 0.15) is 29.2 Å². The third-order valence-corrected chi connectivity index (χ3v) is 5.37. The van der Waals surface area contributed by atoms with E-state index >= 15 is 0 Å². The molecule has 162 valence electrons. The van der Waals surface area contributed by atoms with Crippen molar-refractivity contribution in [2.45, 2.75) is 18.8 Å². The predicted octanol–water partition coefficient (Wildman–Crippen LogP) is 4.49. The molecule has 0 aliphatic rings. The molecule has 0 spiro atoms. The molecule has 2 aromatic heterocycles. The zero-order valence-corrected chi connectivity index (χ0v) is 17.1. The van der Waals surface area contributed by atoms with Gasteiger partial charge < -0.3 is 10.3 Å². The van der Waals surface area contributed by atoms with Gasteiger partial charge in [0.2, 0.25) is 5.91 Å². The number of nitro groups is 1. The van der Waals surface area contributed by atoms with E-state index in [1.807, 2.05) is 18.2 Å². The number of pyridine rings is 1. The highest BCUT2D eigenvalue weighted by atomic mass is 19.1. The summed E-state index contributed by atoms with van der Waals surface area (Å²) in [5, 5.41) is 14.8. The van der Waals surface area contributed by atoms with Crippen molar-refractivity contribution in [2.75, 3.05) is 6.54 Å². The average Bonchev–Trinajstić information content (AvgIpc) is 3.22. The fourth-order valence-corrected chi connectivity index (χ4v) is 3.77. The maximum Gasteiger partial charge on any atom is 0.270 e. The Morgan fingerprint density at radius 2 is 1.97 bits per heavy atom. The normalized spacial score (nSPS) is 11.9. The molecule has 32 heavy (non-hydrogen) atoms. The van der Waals surface area contributed by atoms with E-state index in [2.05, 4.69) is 15.3 Å². The van der Waals surface area contributed by atoms with E-state index in [1.54, 1.807) is 30.6 Å². The number of rotatable bonds is 8. The largest absolute Gasteiger partial charge is 0.361 e. The number of hydrogen-bond donors (Lipinski definition) is 2. The quantitative estimate of drug-likeness (QED) is 0.316. The molecule has 2 heterocycles. The third kappa shape index (κ3) is 4.80. The summed E-state index contributed by atoms with van der Waals surface area (Å²) in [5.41, 5.74) is 3.07. The molecule has 8 heteroatoms. The number of aromatic nitrogens is 2. The molecule has 0 saturated carbocycles. The Balaban J connectivity index is 1.59. The second-order valence-electron chi connectivity index (χ2n) is 7.46. The number of aromatic amines is 1. The van der Waals surface area contributed by atoms with Crippen LogP contribution in [0.2, 0.25) is 0 Å². The lowest BCUT2D eigenvalue weighted by atomic mass is 9.88. The number of carbonyl (C=O) groups excluding carboxylic acids is 1. The minimum atomic E-state index is -0.451. The van der Waals surface area contributed by atoms with Crippen LogP contribution in [-0.4, -0.2) is 27.3 Å². The van der Waals surface area contributed by atoms with Gasteiger partial charge in [-0.25, -0.2) is 4.39 Å². The van der Waals surface area contributed by atoms with Crippen LogP contribution in [0.4, 0.5) is 10.1 Å².